The number of halogens is 2. The first-order valence-corrected chi connectivity index (χ1v) is 7.09. The van der Waals surface area contributed by atoms with Gasteiger partial charge in [0, 0.05) is 12.7 Å². The first-order valence-electron chi connectivity index (χ1n) is 7.09. The smallest absolute Gasteiger partial charge is 0.255 e. The maximum absolute atomic E-state index is 12.2. The molecule has 0 saturated heterocycles. The molecule has 0 aliphatic carbocycles. The van der Waals surface area contributed by atoms with Gasteiger partial charge in [-0.15, -0.1) is 24.8 Å². The number of ether oxygens (including phenoxy) is 1. The third kappa shape index (κ3) is 5.88. The topological polar surface area (TPSA) is 89.3 Å². The standard InChI is InChI=1S/C16H20N4O2.2ClH/c1-22-14-8-3-2-7-13(14)20-15-12(6-4-10-18-15)16(21)19-11-5-9-17;;/h2-4,6-8,10H,5,9,11,17H2,1H3,(H,18,20)(H,19,21);2*1H. The molecule has 1 amide bonds. The number of benzene rings is 1. The summed E-state index contributed by atoms with van der Waals surface area (Å²) < 4.78 is 5.29. The molecule has 0 unspecified atom stereocenters. The van der Waals surface area contributed by atoms with E-state index in [1.807, 2.05) is 24.3 Å². The molecule has 0 aliphatic rings. The number of rotatable bonds is 7. The van der Waals surface area contributed by atoms with Crippen molar-refractivity contribution in [3.05, 3.63) is 48.2 Å². The Balaban J connectivity index is 0.00000264. The van der Waals surface area contributed by atoms with Gasteiger partial charge in [0.1, 0.15) is 11.6 Å². The summed E-state index contributed by atoms with van der Waals surface area (Å²) in [6.07, 6.45) is 2.37. The Morgan fingerprint density at radius 2 is 1.96 bits per heavy atom. The Hall–Kier alpha value is -2.02. The molecule has 0 spiro atoms. The summed E-state index contributed by atoms with van der Waals surface area (Å²) in [6.45, 7) is 1.08. The molecule has 0 bridgehead atoms. The number of hydrogen-bond acceptors (Lipinski definition) is 5. The van der Waals surface area contributed by atoms with Crippen LogP contribution in [0.1, 0.15) is 16.8 Å². The van der Waals surface area contributed by atoms with Crippen molar-refractivity contribution < 1.29 is 9.53 Å². The van der Waals surface area contributed by atoms with Gasteiger partial charge < -0.3 is 21.1 Å². The van der Waals surface area contributed by atoms with Crippen molar-refractivity contribution in [1.29, 1.82) is 0 Å². The number of nitrogens with zero attached hydrogens (tertiary/aromatic N) is 1. The number of para-hydroxylation sites is 2. The first-order chi connectivity index (χ1) is 10.8. The lowest BCUT2D eigenvalue weighted by atomic mass is 10.2. The molecule has 0 saturated carbocycles. The van der Waals surface area contributed by atoms with E-state index < -0.39 is 0 Å². The molecule has 6 nitrogen and oxygen atoms in total. The number of amides is 1. The Morgan fingerprint density at radius 1 is 1.21 bits per heavy atom. The van der Waals surface area contributed by atoms with E-state index >= 15 is 0 Å². The van der Waals surface area contributed by atoms with Crippen LogP contribution < -0.4 is 21.1 Å². The van der Waals surface area contributed by atoms with Crippen LogP contribution in [-0.2, 0) is 0 Å². The number of hydrogen-bond donors (Lipinski definition) is 3. The minimum Gasteiger partial charge on any atom is -0.495 e. The van der Waals surface area contributed by atoms with Crippen LogP contribution in [0.5, 0.6) is 5.75 Å². The third-order valence-electron chi connectivity index (χ3n) is 3.08. The number of methoxy groups -OCH3 is 1. The number of carbonyl (C=O) groups is 1. The molecule has 0 radical (unpaired) electrons. The molecule has 2 aromatic rings. The molecule has 4 N–H and O–H groups in total. The lowest BCUT2D eigenvalue weighted by Crippen LogP contribution is -2.26. The van der Waals surface area contributed by atoms with Gasteiger partial charge >= 0.3 is 0 Å². The van der Waals surface area contributed by atoms with Gasteiger partial charge in [-0.3, -0.25) is 4.79 Å². The van der Waals surface area contributed by atoms with Crippen molar-refractivity contribution in [3.8, 4) is 5.75 Å². The van der Waals surface area contributed by atoms with Crippen LogP contribution in [0, 0.1) is 0 Å². The summed E-state index contributed by atoms with van der Waals surface area (Å²) in [5.41, 5.74) is 6.65. The van der Waals surface area contributed by atoms with Crippen molar-refractivity contribution in [2.24, 2.45) is 5.73 Å². The number of anilines is 2. The van der Waals surface area contributed by atoms with E-state index in [2.05, 4.69) is 15.6 Å². The van der Waals surface area contributed by atoms with E-state index in [1.165, 1.54) is 0 Å². The molecular weight excluding hydrogens is 351 g/mol. The van der Waals surface area contributed by atoms with Gasteiger partial charge in [0.15, 0.2) is 0 Å². The molecule has 0 fully saturated rings. The SMILES string of the molecule is COc1ccccc1Nc1ncccc1C(=O)NCCCN.Cl.Cl. The molecule has 0 atom stereocenters. The van der Waals surface area contributed by atoms with Crippen LogP contribution in [0.4, 0.5) is 11.5 Å². The van der Waals surface area contributed by atoms with E-state index in [-0.39, 0.29) is 30.7 Å². The molecular formula is C16H22Cl2N4O2. The first kappa shape index (κ1) is 22.0. The second-order valence-electron chi connectivity index (χ2n) is 4.62. The molecule has 8 heteroatoms. The Morgan fingerprint density at radius 3 is 2.67 bits per heavy atom. The van der Waals surface area contributed by atoms with Crippen LogP contribution in [0.3, 0.4) is 0 Å². The molecule has 132 valence electrons. The van der Waals surface area contributed by atoms with E-state index in [1.54, 1.807) is 25.4 Å². The van der Waals surface area contributed by atoms with Crippen LogP contribution in [0.15, 0.2) is 42.6 Å². The maximum Gasteiger partial charge on any atom is 0.255 e. The zero-order chi connectivity index (χ0) is 15.8. The summed E-state index contributed by atoms with van der Waals surface area (Å²) in [7, 11) is 1.60. The normalized spacial score (nSPS) is 9.25. The highest BCUT2D eigenvalue weighted by Crippen LogP contribution is 2.27. The van der Waals surface area contributed by atoms with Gasteiger partial charge in [-0.1, -0.05) is 12.1 Å². The van der Waals surface area contributed by atoms with Crippen molar-refractivity contribution >= 4 is 42.2 Å². The summed E-state index contributed by atoms with van der Waals surface area (Å²) in [6, 6.07) is 10.9. The predicted octanol–water partition coefficient (Wildman–Crippen LogP) is 2.76. The molecule has 1 heterocycles. The Labute approximate surface area is 154 Å². The van der Waals surface area contributed by atoms with Gasteiger partial charge in [-0.05, 0) is 37.2 Å². The lowest BCUT2D eigenvalue weighted by molar-refractivity contribution is 0.0954. The molecule has 2 rings (SSSR count). The van der Waals surface area contributed by atoms with Crippen LogP contribution in [-0.4, -0.2) is 31.1 Å². The fraction of sp³-hybridized carbons (Fsp3) is 0.250. The van der Waals surface area contributed by atoms with Crippen LogP contribution >= 0.6 is 24.8 Å². The van der Waals surface area contributed by atoms with E-state index in [0.29, 0.717) is 30.2 Å². The van der Waals surface area contributed by atoms with Crippen LogP contribution in [0.2, 0.25) is 0 Å². The quantitative estimate of drug-likeness (QED) is 0.650. The molecule has 1 aromatic carbocycles. The van der Waals surface area contributed by atoms with Gasteiger partial charge in [0.2, 0.25) is 0 Å². The fourth-order valence-corrected chi connectivity index (χ4v) is 1.96. The van der Waals surface area contributed by atoms with Gasteiger partial charge in [-0.25, -0.2) is 4.98 Å². The zero-order valence-corrected chi connectivity index (χ0v) is 15.0. The van der Waals surface area contributed by atoms with Crippen LogP contribution in [0.25, 0.3) is 0 Å². The third-order valence-corrected chi connectivity index (χ3v) is 3.08. The molecule has 24 heavy (non-hydrogen) atoms. The number of pyridine rings is 1. The average molecular weight is 373 g/mol. The van der Waals surface area contributed by atoms with Crippen molar-refractivity contribution in [2.45, 2.75) is 6.42 Å². The van der Waals surface area contributed by atoms with E-state index in [9.17, 15) is 4.79 Å². The lowest BCUT2D eigenvalue weighted by Gasteiger charge is -2.13. The maximum atomic E-state index is 12.2. The molecule has 0 aliphatic heterocycles. The van der Waals surface area contributed by atoms with Gasteiger partial charge in [0.25, 0.3) is 5.91 Å². The minimum atomic E-state index is -0.182. The van der Waals surface area contributed by atoms with Gasteiger partial charge in [0.05, 0.1) is 18.4 Å². The second-order valence-corrected chi connectivity index (χ2v) is 4.62. The zero-order valence-electron chi connectivity index (χ0n) is 13.3. The highest BCUT2D eigenvalue weighted by Gasteiger charge is 2.13. The highest BCUT2D eigenvalue weighted by molar-refractivity contribution is 5.99. The van der Waals surface area contributed by atoms with E-state index in [4.69, 9.17) is 10.5 Å². The number of nitrogens with one attached hydrogen (secondary N) is 2. The molecule has 1 aromatic heterocycles. The second kappa shape index (κ2) is 11.5. The fourth-order valence-electron chi connectivity index (χ4n) is 1.96. The summed E-state index contributed by atoms with van der Waals surface area (Å²) in [4.78, 5) is 16.5. The van der Waals surface area contributed by atoms with Crippen molar-refractivity contribution in [1.82, 2.24) is 10.3 Å². The number of aromatic nitrogens is 1. The minimum absolute atomic E-state index is 0. The monoisotopic (exact) mass is 372 g/mol. The largest absolute Gasteiger partial charge is 0.495 e. The summed E-state index contributed by atoms with van der Waals surface area (Å²) in [5, 5.41) is 5.97. The highest BCUT2D eigenvalue weighted by atomic mass is 35.5. The Bertz CT molecular complexity index is 641. The van der Waals surface area contributed by atoms with Crippen molar-refractivity contribution in [3.63, 3.8) is 0 Å². The van der Waals surface area contributed by atoms with Crippen molar-refractivity contribution in [2.75, 3.05) is 25.5 Å². The predicted molar refractivity (Wildman–Crippen MR) is 101 cm³/mol. The summed E-state index contributed by atoms with van der Waals surface area (Å²) in [5.74, 6) is 0.985. The van der Waals surface area contributed by atoms with Gasteiger partial charge in [-0.2, -0.15) is 0 Å². The number of carbonyl (C=O) groups excluding carboxylic acids is 1. The number of nitrogens with two attached hydrogens (primary N) is 1. The van der Waals surface area contributed by atoms with E-state index in [0.717, 1.165) is 12.1 Å². The summed E-state index contributed by atoms with van der Waals surface area (Å²) >= 11 is 0. The average Bonchev–Trinajstić information content (AvgIpc) is 2.56. The Kier molecular flexibility index (Phi) is 10.5.